The zero-order valence-electron chi connectivity index (χ0n) is 16.3. The van der Waals surface area contributed by atoms with Crippen molar-refractivity contribution in [2.75, 3.05) is 13.7 Å². The van der Waals surface area contributed by atoms with Crippen molar-refractivity contribution in [3.8, 4) is 5.75 Å². The molecule has 1 amide bonds. The smallest absolute Gasteiger partial charge is 0.251 e. The minimum atomic E-state index is -0.0974. The van der Waals surface area contributed by atoms with Crippen molar-refractivity contribution in [2.24, 2.45) is 0 Å². The standard InChI is InChI=1S/C22H29NO3/c1-16(14-25-5)23-21(24)18-8-6-17(7-9-18)15-26-20-12-10-19(11-13-20)22(2,3)4/h6-13,16H,14-15H2,1-5H3,(H,23,24)/t16-/m1/s1. The quantitative estimate of drug-likeness (QED) is 0.804. The highest BCUT2D eigenvalue weighted by Crippen LogP contribution is 2.24. The summed E-state index contributed by atoms with van der Waals surface area (Å²) in [4.78, 5) is 12.1. The van der Waals surface area contributed by atoms with Crippen LogP contribution in [0.3, 0.4) is 0 Å². The van der Waals surface area contributed by atoms with E-state index in [1.807, 2.05) is 43.3 Å². The molecule has 1 atom stereocenters. The van der Waals surface area contributed by atoms with Crippen LogP contribution in [0, 0.1) is 0 Å². The van der Waals surface area contributed by atoms with E-state index in [9.17, 15) is 4.79 Å². The third-order valence-corrected chi connectivity index (χ3v) is 4.14. The maximum absolute atomic E-state index is 12.1. The Bertz CT molecular complexity index is 700. The van der Waals surface area contributed by atoms with E-state index in [4.69, 9.17) is 9.47 Å². The first-order valence-electron chi connectivity index (χ1n) is 8.91. The summed E-state index contributed by atoms with van der Waals surface area (Å²) in [5, 5.41) is 2.90. The van der Waals surface area contributed by atoms with E-state index >= 15 is 0 Å². The molecule has 0 radical (unpaired) electrons. The number of ether oxygens (including phenoxy) is 2. The summed E-state index contributed by atoms with van der Waals surface area (Å²) in [6.07, 6.45) is 0. The van der Waals surface area contributed by atoms with Gasteiger partial charge in [-0.05, 0) is 47.7 Å². The monoisotopic (exact) mass is 355 g/mol. The van der Waals surface area contributed by atoms with Crippen LogP contribution in [-0.2, 0) is 16.8 Å². The molecule has 0 aromatic heterocycles. The average molecular weight is 355 g/mol. The van der Waals surface area contributed by atoms with Gasteiger partial charge in [-0.25, -0.2) is 0 Å². The molecule has 0 heterocycles. The van der Waals surface area contributed by atoms with Gasteiger partial charge in [0.15, 0.2) is 0 Å². The number of hydrogen-bond donors (Lipinski definition) is 1. The Kier molecular flexibility index (Phi) is 6.81. The molecule has 26 heavy (non-hydrogen) atoms. The normalized spacial score (nSPS) is 12.5. The minimum Gasteiger partial charge on any atom is -0.489 e. The Hall–Kier alpha value is -2.33. The van der Waals surface area contributed by atoms with E-state index in [1.165, 1.54) is 5.56 Å². The molecule has 0 fully saturated rings. The average Bonchev–Trinajstić information content (AvgIpc) is 2.60. The number of carbonyl (C=O) groups excluding carboxylic acids is 1. The lowest BCUT2D eigenvalue weighted by Gasteiger charge is -2.19. The molecular weight excluding hydrogens is 326 g/mol. The van der Waals surface area contributed by atoms with Crippen molar-refractivity contribution < 1.29 is 14.3 Å². The van der Waals surface area contributed by atoms with Gasteiger partial charge in [-0.15, -0.1) is 0 Å². The number of amides is 1. The fourth-order valence-corrected chi connectivity index (χ4v) is 2.57. The Labute approximate surface area is 156 Å². The SMILES string of the molecule is COC[C@@H](C)NC(=O)c1ccc(COc2ccc(C(C)(C)C)cc2)cc1. The number of carbonyl (C=O) groups is 1. The van der Waals surface area contributed by atoms with Crippen molar-refractivity contribution in [2.45, 2.75) is 45.8 Å². The first-order valence-corrected chi connectivity index (χ1v) is 8.91. The van der Waals surface area contributed by atoms with Crippen LogP contribution in [0.25, 0.3) is 0 Å². The van der Waals surface area contributed by atoms with E-state index in [1.54, 1.807) is 7.11 Å². The summed E-state index contributed by atoms with van der Waals surface area (Å²) in [6.45, 7) is 9.45. The summed E-state index contributed by atoms with van der Waals surface area (Å²) in [5.74, 6) is 0.744. The zero-order chi connectivity index (χ0) is 19.2. The number of hydrogen-bond acceptors (Lipinski definition) is 3. The van der Waals surface area contributed by atoms with Crippen LogP contribution in [-0.4, -0.2) is 25.7 Å². The maximum atomic E-state index is 12.1. The van der Waals surface area contributed by atoms with Gasteiger partial charge in [0.05, 0.1) is 6.61 Å². The molecule has 140 valence electrons. The summed E-state index contributed by atoms with van der Waals surface area (Å²) in [7, 11) is 1.62. The minimum absolute atomic E-state index is 0.0217. The highest BCUT2D eigenvalue weighted by Gasteiger charge is 2.13. The zero-order valence-corrected chi connectivity index (χ0v) is 16.3. The second-order valence-corrected chi connectivity index (χ2v) is 7.59. The summed E-state index contributed by atoms with van der Waals surface area (Å²) >= 11 is 0. The molecule has 0 aliphatic rings. The van der Waals surface area contributed by atoms with Crippen molar-refractivity contribution >= 4 is 5.91 Å². The van der Waals surface area contributed by atoms with Crippen molar-refractivity contribution in [1.29, 1.82) is 0 Å². The van der Waals surface area contributed by atoms with Gasteiger partial charge in [-0.3, -0.25) is 4.79 Å². The molecule has 4 nitrogen and oxygen atoms in total. The van der Waals surface area contributed by atoms with E-state index < -0.39 is 0 Å². The fourth-order valence-electron chi connectivity index (χ4n) is 2.57. The highest BCUT2D eigenvalue weighted by molar-refractivity contribution is 5.94. The fraction of sp³-hybridized carbons (Fsp3) is 0.409. The molecule has 0 aliphatic carbocycles. The van der Waals surface area contributed by atoms with E-state index in [2.05, 4.69) is 38.2 Å². The van der Waals surface area contributed by atoms with Crippen LogP contribution >= 0.6 is 0 Å². The first kappa shape index (κ1) is 20.0. The lowest BCUT2D eigenvalue weighted by atomic mass is 9.87. The Balaban J connectivity index is 1.90. The van der Waals surface area contributed by atoms with Gasteiger partial charge in [-0.2, -0.15) is 0 Å². The number of nitrogens with one attached hydrogen (secondary N) is 1. The molecular formula is C22H29NO3. The number of benzene rings is 2. The Morgan fingerprint density at radius 1 is 1.04 bits per heavy atom. The third kappa shape index (κ3) is 5.88. The van der Waals surface area contributed by atoms with Gasteiger partial charge in [-0.1, -0.05) is 45.0 Å². The second-order valence-electron chi connectivity index (χ2n) is 7.59. The van der Waals surface area contributed by atoms with Gasteiger partial charge in [0, 0.05) is 18.7 Å². The first-order chi connectivity index (χ1) is 12.3. The lowest BCUT2D eigenvalue weighted by Crippen LogP contribution is -2.35. The van der Waals surface area contributed by atoms with E-state index in [0.717, 1.165) is 11.3 Å². The summed E-state index contributed by atoms with van der Waals surface area (Å²) in [5.41, 5.74) is 3.07. The molecule has 0 unspecified atom stereocenters. The molecule has 1 N–H and O–H groups in total. The molecule has 2 rings (SSSR count). The number of methoxy groups -OCH3 is 1. The Morgan fingerprint density at radius 3 is 2.19 bits per heavy atom. The van der Waals surface area contributed by atoms with Crippen LogP contribution in [0.2, 0.25) is 0 Å². The predicted molar refractivity (Wildman–Crippen MR) is 105 cm³/mol. The molecule has 0 saturated heterocycles. The topological polar surface area (TPSA) is 47.6 Å². The van der Waals surface area contributed by atoms with Crippen LogP contribution in [0.15, 0.2) is 48.5 Å². The highest BCUT2D eigenvalue weighted by atomic mass is 16.5. The van der Waals surface area contributed by atoms with E-state index in [-0.39, 0.29) is 17.4 Å². The maximum Gasteiger partial charge on any atom is 0.251 e. The molecule has 2 aromatic rings. The second kappa shape index (κ2) is 8.86. The van der Waals surface area contributed by atoms with Crippen molar-refractivity contribution in [3.63, 3.8) is 0 Å². The Morgan fingerprint density at radius 2 is 1.65 bits per heavy atom. The lowest BCUT2D eigenvalue weighted by molar-refractivity contribution is 0.0905. The molecule has 0 aliphatic heterocycles. The van der Waals surface area contributed by atoms with Crippen LogP contribution < -0.4 is 10.1 Å². The largest absolute Gasteiger partial charge is 0.489 e. The van der Waals surface area contributed by atoms with Gasteiger partial charge < -0.3 is 14.8 Å². The van der Waals surface area contributed by atoms with E-state index in [0.29, 0.717) is 18.8 Å². The molecule has 0 saturated carbocycles. The van der Waals surface area contributed by atoms with Gasteiger partial charge in [0.25, 0.3) is 5.91 Å². The van der Waals surface area contributed by atoms with Crippen LogP contribution in [0.5, 0.6) is 5.75 Å². The summed E-state index contributed by atoms with van der Waals surface area (Å²) in [6, 6.07) is 15.6. The van der Waals surface area contributed by atoms with Gasteiger partial charge >= 0.3 is 0 Å². The van der Waals surface area contributed by atoms with Gasteiger partial charge in [0.2, 0.25) is 0 Å². The predicted octanol–water partition coefficient (Wildman–Crippen LogP) is 4.33. The molecule has 4 heteroatoms. The third-order valence-electron chi connectivity index (χ3n) is 4.14. The van der Waals surface area contributed by atoms with Crippen molar-refractivity contribution in [3.05, 3.63) is 65.2 Å². The van der Waals surface area contributed by atoms with Crippen LogP contribution in [0.4, 0.5) is 0 Å². The van der Waals surface area contributed by atoms with Crippen LogP contribution in [0.1, 0.15) is 49.2 Å². The summed E-state index contributed by atoms with van der Waals surface area (Å²) < 4.78 is 10.9. The van der Waals surface area contributed by atoms with Gasteiger partial charge in [0.1, 0.15) is 12.4 Å². The molecule has 0 bridgehead atoms. The number of rotatable bonds is 7. The van der Waals surface area contributed by atoms with Crippen molar-refractivity contribution in [1.82, 2.24) is 5.32 Å². The molecule has 0 spiro atoms. The molecule has 2 aromatic carbocycles.